The highest BCUT2D eigenvalue weighted by molar-refractivity contribution is 6.40. The zero-order valence-electron chi connectivity index (χ0n) is 14.8. The number of benzene rings is 1. The molecule has 0 aromatic heterocycles. The van der Waals surface area contributed by atoms with Gasteiger partial charge in [0.25, 0.3) is 0 Å². The molecule has 0 aliphatic carbocycles. The third-order valence-corrected chi connectivity index (χ3v) is 5.18. The van der Waals surface area contributed by atoms with Crippen molar-refractivity contribution in [1.82, 2.24) is 4.90 Å². The van der Waals surface area contributed by atoms with Gasteiger partial charge in [-0.05, 0) is 69.5 Å². The molecule has 1 aliphatic heterocycles. The minimum absolute atomic E-state index is 0.239. The Labute approximate surface area is 147 Å². The third-order valence-electron chi connectivity index (χ3n) is 5.18. The lowest BCUT2D eigenvalue weighted by atomic mass is 9.83. The molecule has 1 unspecified atom stereocenters. The minimum Gasteiger partial charge on any atom is -0.427 e. The molecule has 0 spiro atoms. The molecule has 134 valence electrons. The smallest absolute Gasteiger partial charge is 0.427 e. The van der Waals surface area contributed by atoms with Gasteiger partial charge in [-0.3, -0.25) is 0 Å². The fourth-order valence-corrected chi connectivity index (χ4v) is 3.59. The zero-order valence-corrected chi connectivity index (χ0v) is 14.8. The van der Waals surface area contributed by atoms with Crippen molar-refractivity contribution in [3.8, 4) is 0 Å². The molecule has 24 heavy (non-hydrogen) atoms. The van der Waals surface area contributed by atoms with Crippen LogP contribution < -0.4 is 5.73 Å². The largest absolute Gasteiger partial charge is 0.451 e. The van der Waals surface area contributed by atoms with Crippen LogP contribution in [0.3, 0.4) is 0 Å². The monoisotopic (exact) mass is 332 g/mol. The van der Waals surface area contributed by atoms with Crippen molar-refractivity contribution in [2.45, 2.75) is 57.3 Å². The standard InChI is InChI=1S/C19H33BN2O2/c21-19(8-4-5-12-20(23)24)11-15-22-13-9-18(10-14-22)16-17-6-2-1-3-7-17/h1-3,6-7,18-19,23-24H,4-5,8-16,21H2. The summed E-state index contributed by atoms with van der Waals surface area (Å²) in [5, 5.41) is 17.6. The highest BCUT2D eigenvalue weighted by Gasteiger charge is 2.19. The average molecular weight is 332 g/mol. The number of nitrogens with two attached hydrogens (primary N) is 1. The van der Waals surface area contributed by atoms with Crippen LogP contribution in [0.4, 0.5) is 0 Å². The Kier molecular flexibility index (Phi) is 8.82. The number of hydrogen-bond donors (Lipinski definition) is 3. The van der Waals surface area contributed by atoms with E-state index in [2.05, 4.69) is 35.2 Å². The van der Waals surface area contributed by atoms with Crippen LogP contribution >= 0.6 is 0 Å². The number of hydrogen-bond acceptors (Lipinski definition) is 4. The van der Waals surface area contributed by atoms with Crippen LogP contribution in [-0.4, -0.2) is 47.7 Å². The number of piperidine rings is 1. The summed E-state index contributed by atoms with van der Waals surface area (Å²) in [6.07, 6.45) is 8.11. The molecule has 1 heterocycles. The summed E-state index contributed by atoms with van der Waals surface area (Å²) >= 11 is 0. The molecule has 0 bridgehead atoms. The molecule has 0 saturated carbocycles. The van der Waals surface area contributed by atoms with E-state index >= 15 is 0 Å². The molecule has 1 fully saturated rings. The summed E-state index contributed by atoms with van der Waals surface area (Å²) in [6, 6.07) is 11.1. The summed E-state index contributed by atoms with van der Waals surface area (Å²) < 4.78 is 0. The van der Waals surface area contributed by atoms with E-state index in [0.29, 0.717) is 6.32 Å². The molecule has 0 radical (unpaired) electrons. The number of likely N-dealkylation sites (tertiary alicyclic amines) is 1. The Morgan fingerprint density at radius 3 is 2.46 bits per heavy atom. The topological polar surface area (TPSA) is 69.7 Å². The van der Waals surface area contributed by atoms with Crippen LogP contribution in [0.25, 0.3) is 0 Å². The summed E-state index contributed by atoms with van der Waals surface area (Å²) in [7, 11) is -1.17. The van der Waals surface area contributed by atoms with E-state index < -0.39 is 7.12 Å². The van der Waals surface area contributed by atoms with E-state index in [9.17, 15) is 0 Å². The first kappa shape index (κ1) is 19.4. The molecule has 4 N–H and O–H groups in total. The van der Waals surface area contributed by atoms with Crippen LogP contribution in [0.1, 0.15) is 44.1 Å². The molecule has 2 rings (SSSR count). The van der Waals surface area contributed by atoms with Gasteiger partial charge in [-0.15, -0.1) is 0 Å². The van der Waals surface area contributed by atoms with Gasteiger partial charge in [-0.25, -0.2) is 0 Å². The average Bonchev–Trinajstić information content (AvgIpc) is 2.59. The first-order valence-electron chi connectivity index (χ1n) is 9.51. The van der Waals surface area contributed by atoms with Gasteiger partial charge in [-0.2, -0.15) is 0 Å². The molecule has 4 nitrogen and oxygen atoms in total. The lowest BCUT2D eigenvalue weighted by Gasteiger charge is -2.32. The van der Waals surface area contributed by atoms with Gasteiger partial charge < -0.3 is 20.7 Å². The van der Waals surface area contributed by atoms with E-state index in [4.69, 9.17) is 15.8 Å². The molecule has 0 amide bonds. The van der Waals surface area contributed by atoms with Gasteiger partial charge in [0.2, 0.25) is 0 Å². The first-order chi connectivity index (χ1) is 11.6. The normalized spacial score (nSPS) is 17.8. The van der Waals surface area contributed by atoms with Crippen molar-refractivity contribution < 1.29 is 10.0 Å². The van der Waals surface area contributed by atoms with Gasteiger partial charge in [0, 0.05) is 6.04 Å². The van der Waals surface area contributed by atoms with Gasteiger partial charge >= 0.3 is 7.12 Å². The fourth-order valence-electron chi connectivity index (χ4n) is 3.59. The Bertz CT molecular complexity index is 436. The maximum absolute atomic E-state index is 8.82. The maximum atomic E-state index is 8.82. The Morgan fingerprint density at radius 1 is 1.08 bits per heavy atom. The second kappa shape index (κ2) is 10.9. The second-order valence-corrected chi connectivity index (χ2v) is 7.29. The lowest BCUT2D eigenvalue weighted by molar-refractivity contribution is 0.178. The molecular weight excluding hydrogens is 299 g/mol. The highest BCUT2D eigenvalue weighted by atomic mass is 16.4. The Balaban J connectivity index is 1.54. The predicted molar refractivity (Wildman–Crippen MR) is 101 cm³/mol. The van der Waals surface area contributed by atoms with Crippen molar-refractivity contribution in [1.29, 1.82) is 0 Å². The van der Waals surface area contributed by atoms with Crippen molar-refractivity contribution in [2.75, 3.05) is 19.6 Å². The van der Waals surface area contributed by atoms with E-state index in [1.165, 1.54) is 37.9 Å². The van der Waals surface area contributed by atoms with Crippen LogP contribution in [0, 0.1) is 5.92 Å². The Hall–Kier alpha value is -0.875. The van der Waals surface area contributed by atoms with Gasteiger partial charge in [0.1, 0.15) is 0 Å². The number of nitrogens with zero attached hydrogens (tertiary/aromatic N) is 1. The first-order valence-corrected chi connectivity index (χ1v) is 9.51. The molecule has 1 aromatic rings. The fraction of sp³-hybridized carbons (Fsp3) is 0.684. The quantitative estimate of drug-likeness (QED) is 0.454. The van der Waals surface area contributed by atoms with Gasteiger partial charge in [0.05, 0.1) is 0 Å². The third kappa shape index (κ3) is 7.80. The number of unbranched alkanes of at least 4 members (excludes halogenated alkanes) is 1. The molecule has 1 saturated heterocycles. The van der Waals surface area contributed by atoms with Crippen LogP contribution in [0.2, 0.25) is 6.32 Å². The minimum atomic E-state index is -1.17. The van der Waals surface area contributed by atoms with E-state index in [1.54, 1.807) is 0 Å². The molecule has 1 aromatic carbocycles. The van der Waals surface area contributed by atoms with Crippen molar-refractivity contribution in [2.24, 2.45) is 11.7 Å². The summed E-state index contributed by atoms with van der Waals surface area (Å²) in [5.74, 6) is 0.822. The van der Waals surface area contributed by atoms with Crippen LogP contribution in [0.15, 0.2) is 30.3 Å². The summed E-state index contributed by atoms with van der Waals surface area (Å²) in [4.78, 5) is 2.55. The van der Waals surface area contributed by atoms with Crippen LogP contribution in [-0.2, 0) is 6.42 Å². The van der Waals surface area contributed by atoms with Crippen molar-refractivity contribution in [3.05, 3.63) is 35.9 Å². The maximum Gasteiger partial charge on any atom is 0.451 e. The zero-order chi connectivity index (χ0) is 17.2. The van der Waals surface area contributed by atoms with Crippen LogP contribution in [0.5, 0.6) is 0 Å². The summed E-state index contributed by atoms with van der Waals surface area (Å²) in [5.41, 5.74) is 7.65. The summed E-state index contributed by atoms with van der Waals surface area (Å²) in [6.45, 7) is 3.49. The molecule has 1 atom stereocenters. The van der Waals surface area contributed by atoms with E-state index in [0.717, 1.165) is 38.1 Å². The van der Waals surface area contributed by atoms with Gasteiger partial charge in [0.15, 0.2) is 0 Å². The van der Waals surface area contributed by atoms with E-state index in [1.807, 2.05) is 0 Å². The Morgan fingerprint density at radius 2 is 1.79 bits per heavy atom. The SMILES string of the molecule is NC(CCCCB(O)O)CCN1CCC(Cc2ccccc2)CC1. The van der Waals surface area contributed by atoms with Crippen molar-refractivity contribution >= 4 is 7.12 Å². The van der Waals surface area contributed by atoms with Gasteiger partial charge in [-0.1, -0.05) is 43.2 Å². The predicted octanol–water partition coefficient (Wildman–Crippen LogP) is 2.30. The number of rotatable bonds is 10. The molecule has 1 aliphatic rings. The van der Waals surface area contributed by atoms with Crippen molar-refractivity contribution in [3.63, 3.8) is 0 Å². The highest BCUT2D eigenvalue weighted by Crippen LogP contribution is 2.22. The lowest BCUT2D eigenvalue weighted by Crippen LogP contribution is -2.37. The second-order valence-electron chi connectivity index (χ2n) is 7.29. The molecular formula is C19H33BN2O2. The van der Waals surface area contributed by atoms with E-state index in [-0.39, 0.29) is 6.04 Å². The molecule has 5 heteroatoms.